The van der Waals surface area contributed by atoms with E-state index in [1.54, 1.807) is 11.8 Å². The third kappa shape index (κ3) is 7.12. The van der Waals surface area contributed by atoms with Crippen LogP contribution in [0.4, 0.5) is 5.69 Å². The number of thioether (sulfide) groups is 1. The Labute approximate surface area is 199 Å². The molecular weight excluding hydrogens is 522 g/mol. The molecule has 0 saturated carbocycles. The van der Waals surface area contributed by atoms with E-state index in [0.29, 0.717) is 0 Å². The Kier molecular flexibility index (Phi) is 9.95. The Hall–Kier alpha value is -0.797. The minimum atomic E-state index is -1.77. The first-order valence-corrected chi connectivity index (χ1v) is 16.0. The maximum Gasteiger partial charge on any atom is 0.168 e. The van der Waals surface area contributed by atoms with Gasteiger partial charge in [-0.3, -0.25) is 0 Å². The van der Waals surface area contributed by atoms with Gasteiger partial charge >= 0.3 is 97.8 Å². The molecule has 0 bridgehead atoms. The second kappa shape index (κ2) is 11.7. The molecule has 1 aliphatic heterocycles. The molecule has 1 aliphatic rings. The van der Waals surface area contributed by atoms with Crippen LogP contribution in [0.25, 0.3) is 0 Å². The first-order chi connectivity index (χ1) is 14.1. The molecule has 0 aliphatic carbocycles. The standard InChI is InChI=1S/C14H17NS.C10H12O.2ClH.Ru/c1-9-6-10(2)14(11(3)7-9)15-8-16-13(5)12(15)4;1-8(2)11-10-7-5-4-6-9(10)3;;;/h6-7H,1-5H3;3-8H,1-2H3;2*1H;/q;;;;+2/p-2. The van der Waals surface area contributed by atoms with Crippen LogP contribution >= 0.6 is 31.1 Å². The van der Waals surface area contributed by atoms with Crippen LogP contribution in [0.1, 0.15) is 49.9 Å². The van der Waals surface area contributed by atoms with Crippen LogP contribution in [0.15, 0.2) is 47.0 Å². The maximum atomic E-state index is 5.82. The normalized spacial score (nSPS) is 13.9. The molecule has 0 aromatic heterocycles. The smallest absolute Gasteiger partial charge is 0.168 e. The minimum absolute atomic E-state index is 0.163. The summed E-state index contributed by atoms with van der Waals surface area (Å²) in [6.45, 7) is 14.8. The van der Waals surface area contributed by atoms with E-state index < -0.39 is 13.5 Å². The molecule has 0 N–H and O–H groups in total. The first-order valence-electron chi connectivity index (χ1n) is 9.67. The van der Waals surface area contributed by atoms with E-state index in [4.69, 9.17) is 24.1 Å². The Morgan fingerprint density at radius 3 is 2.13 bits per heavy atom. The molecule has 6 heteroatoms. The SMILES string of the molecule is CC(C)Oc1ccccc1[CH]=[Ru]([Cl])[Cl].CC1=C(C)N(c2c(C)cc(C)cc2C)[C]S1. The molecule has 1 heterocycles. The summed E-state index contributed by atoms with van der Waals surface area (Å²) in [5.74, 6) is 4.20. The van der Waals surface area contributed by atoms with Crippen molar-refractivity contribution in [3.63, 3.8) is 0 Å². The average molecular weight is 552 g/mol. The van der Waals surface area contributed by atoms with E-state index in [-0.39, 0.29) is 6.10 Å². The van der Waals surface area contributed by atoms with Gasteiger partial charge in [0.1, 0.15) is 0 Å². The van der Waals surface area contributed by atoms with E-state index >= 15 is 0 Å². The first kappa shape index (κ1) is 25.5. The Morgan fingerprint density at radius 2 is 1.63 bits per heavy atom. The summed E-state index contributed by atoms with van der Waals surface area (Å²) in [7, 11) is 11.6. The van der Waals surface area contributed by atoms with Gasteiger partial charge < -0.3 is 4.90 Å². The van der Waals surface area contributed by atoms with Crippen LogP contribution in [-0.4, -0.2) is 10.7 Å². The summed E-state index contributed by atoms with van der Waals surface area (Å²) >= 11 is -0.0848. The number of rotatable bonds is 4. The van der Waals surface area contributed by atoms with Gasteiger partial charge in [0.2, 0.25) is 0 Å². The van der Waals surface area contributed by atoms with E-state index in [2.05, 4.69) is 57.5 Å². The van der Waals surface area contributed by atoms with E-state index in [1.807, 2.05) is 42.7 Å². The van der Waals surface area contributed by atoms with Crippen LogP contribution in [-0.2, 0) is 13.5 Å². The summed E-state index contributed by atoms with van der Waals surface area (Å²) in [6, 6.07) is 12.2. The van der Waals surface area contributed by atoms with Crippen molar-refractivity contribution in [2.24, 2.45) is 0 Å². The van der Waals surface area contributed by atoms with Crippen LogP contribution < -0.4 is 9.64 Å². The Balaban J connectivity index is 0.000000216. The van der Waals surface area contributed by atoms with Crippen LogP contribution in [0.5, 0.6) is 5.75 Å². The van der Waals surface area contributed by atoms with Crippen LogP contribution in [0.3, 0.4) is 0 Å². The number of benzene rings is 2. The van der Waals surface area contributed by atoms with E-state index in [0.717, 1.165) is 11.3 Å². The maximum absolute atomic E-state index is 5.82. The number of nitrogens with zero attached hydrogens (tertiary/aromatic N) is 1. The molecule has 0 fully saturated rings. The second-order valence-electron chi connectivity index (χ2n) is 7.43. The van der Waals surface area contributed by atoms with Crippen molar-refractivity contribution < 1.29 is 18.3 Å². The molecule has 0 amide bonds. The van der Waals surface area contributed by atoms with Gasteiger partial charge in [-0.25, -0.2) is 0 Å². The summed E-state index contributed by atoms with van der Waals surface area (Å²) in [6.07, 6.45) is 0.163. The number of anilines is 1. The molecule has 0 atom stereocenters. The number of hydrogen-bond acceptors (Lipinski definition) is 3. The van der Waals surface area contributed by atoms with Gasteiger partial charge in [0, 0.05) is 16.3 Å². The molecule has 30 heavy (non-hydrogen) atoms. The zero-order chi connectivity index (χ0) is 22.4. The number of halogens is 2. The monoisotopic (exact) mass is 551 g/mol. The fraction of sp³-hybridized carbons (Fsp3) is 0.333. The zero-order valence-electron chi connectivity index (χ0n) is 18.5. The quantitative estimate of drug-likeness (QED) is 0.358. The number of hydrogen-bond donors (Lipinski definition) is 0. The Morgan fingerprint density at radius 1 is 1.03 bits per heavy atom. The summed E-state index contributed by atoms with van der Waals surface area (Å²) in [5, 5.41) is 0. The van der Waals surface area contributed by atoms with Crippen molar-refractivity contribution in [1.29, 1.82) is 0 Å². The minimum Gasteiger partial charge on any atom is -0.322 e. The molecule has 3 rings (SSSR count). The van der Waals surface area contributed by atoms with Gasteiger partial charge in [-0.15, -0.1) is 0 Å². The zero-order valence-corrected chi connectivity index (χ0v) is 22.6. The van der Waals surface area contributed by atoms with Gasteiger partial charge in [0.15, 0.2) is 5.88 Å². The molecule has 2 radical (unpaired) electrons. The van der Waals surface area contributed by atoms with E-state index in [9.17, 15) is 0 Å². The van der Waals surface area contributed by atoms with Gasteiger partial charge in [0.25, 0.3) is 0 Å². The fourth-order valence-corrected chi connectivity index (χ4v) is 5.66. The summed E-state index contributed by atoms with van der Waals surface area (Å²) < 4.78 is 7.51. The number of aryl methyl sites for hydroxylation is 3. The molecule has 2 aromatic rings. The van der Waals surface area contributed by atoms with Crippen molar-refractivity contribution in [3.8, 4) is 5.75 Å². The van der Waals surface area contributed by atoms with Crippen molar-refractivity contribution in [3.05, 3.63) is 75.1 Å². The topological polar surface area (TPSA) is 12.5 Å². The van der Waals surface area contributed by atoms with Crippen molar-refractivity contribution in [1.82, 2.24) is 0 Å². The predicted molar refractivity (Wildman–Crippen MR) is 131 cm³/mol. The molecule has 0 unspecified atom stereocenters. The van der Waals surface area contributed by atoms with Crippen molar-refractivity contribution in [2.45, 2.75) is 54.6 Å². The second-order valence-corrected chi connectivity index (χ2v) is 14.2. The largest absolute Gasteiger partial charge is 0.322 e. The molecule has 0 saturated heterocycles. The van der Waals surface area contributed by atoms with Gasteiger partial charge in [0.05, 0.1) is 0 Å². The predicted octanol–water partition coefficient (Wildman–Crippen LogP) is 7.96. The number of para-hydroxylation sites is 1. The summed E-state index contributed by atoms with van der Waals surface area (Å²) in [4.78, 5) is 3.52. The third-order valence-corrected chi connectivity index (χ3v) is 7.17. The van der Waals surface area contributed by atoms with Gasteiger partial charge in [-0.05, 0) is 45.7 Å². The van der Waals surface area contributed by atoms with Crippen LogP contribution in [0, 0.1) is 26.6 Å². The van der Waals surface area contributed by atoms with Gasteiger partial charge in [-0.2, -0.15) is 0 Å². The molecule has 2 nitrogen and oxygen atoms in total. The summed E-state index contributed by atoms with van der Waals surface area (Å²) in [5.41, 5.74) is 7.53. The van der Waals surface area contributed by atoms with Gasteiger partial charge in [-0.1, -0.05) is 29.5 Å². The fourth-order valence-electron chi connectivity index (χ4n) is 3.16. The number of ether oxygens (including phenoxy) is 1. The molecular formula is C24H29Cl2NORuS. The number of allylic oxidation sites excluding steroid dienone is 2. The average Bonchev–Trinajstić information content (AvgIpc) is 2.95. The third-order valence-electron chi connectivity index (χ3n) is 4.46. The molecule has 0 spiro atoms. The van der Waals surface area contributed by atoms with E-state index in [1.165, 1.54) is 33.0 Å². The molecule has 2 aromatic carbocycles. The van der Waals surface area contributed by atoms with Crippen molar-refractivity contribution in [2.75, 3.05) is 4.90 Å². The van der Waals surface area contributed by atoms with Crippen molar-refractivity contribution >= 4 is 41.4 Å². The Bertz CT molecular complexity index is 929. The molecule has 164 valence electrons. The van der Waals surface area contributed by atoms with Crippen LogP contribution in [0.2, 0.25) is 0 Å².